The number of benzene rings is 1. The summed E-state index contributed by atoms with van der Waals surface area (Å²) < 4.78 is 27.0. The summed E-state index contributed by atoms with van der Waals surface area (Å²) in [5.74, 6) is -0.770. The second-order valence-corrected chi connectivity index (χ2v) is 4.75. The molecule has 0 aliphatic heterocycles. The Kier molecular flexibility index (Phi) is 4.11. The minimum absolute atomic E-state index is 0.171. The van der Waals surface area contributed by atoms with E-state index < -0.39 is 11.6 Å². The van der Waals surface area contributed by atoms with E-state index in [1.54, 1.807) is 12.1 Å². The standard InChI is InChI=1S/C14H19F2N/c1-2-17-9-10-5-3-6-11(10)12-7-4-8-13(15)14(12)16/h4,7-8,10-11,17H,2-3,5-6,9H2,1H3. The summed E-state index contributed by atoms with van der Waals surface area (Å²) in [7, 11) is 0. The quantitative estimate of drug-likeness (QED) is 0.848. The van der Waals surface area contributed by atoms with Crippen molar-refractivity contribution in [1.29, 1.82) is 0 Å². The molecule has 1 aromatic rings. The molecule has 2 unspecified atom stereocenters. The SMILES string of the molecule is CCNCC1CCCC1c1cccc(F)c1F. The lowest BCUT2D eigenvalue weighted by molar-refractivity contribution is 0.424. The Morgan fingerprint density at radius 2 is 2.12 bits per heavy atom. The average Bonchev–Trinajstić information content (AvgIpc) is 2.78. The zero-order chi connectivity index (χ0) is 12.3. The van der Waals surface area contributed by atoms with E-state index in [2.05, 4.69) is 12.2 Å². The zero-order valence-corrected chi connectivity index (χ0v) is 10.2. The molecule has 2 atom stereocenters. The van der Waals surface area contributed by atoms with Crippen LogP contribution in [0.4, 0.5) is 8.78 Å². The molecule has 0 spiro atoms. The van der Waals surface area contributed by atoms with Crippen molar-refractivity contribution in [2.45, 2.75) is 32.1 Å². The molecule has 1 N–H and O–H groups in total. The Labute approximate surface area is 101 Å². The van der Waals surface area contributed by atoms with Crippen LogP contribution in [0.5, 0.6) is 0 Å². The molecule has 0 bridgehead atoms. The molecule has 3 heteroatoms. The molecule has 1 nitrogen and oxygen atoms in total. The van der Waals surface area contributed by atoms with Crippen molar-refractivity contribution in [2.75, 3.05) is 13.1 Å². The van der Waals surface area contributed by atoms with Crippen molar-refractivity contribution < 1.29 is 8.78 Å². The van der Waals surface area contributed by atoms with Gasteiger partial charge in [0.05, 0.1) is 0 Å². The van der Waals surface area contributed by atoms with Gasteiger partial charge in [-0.05, 0) is 49.4 Å². The summed E-state index contributed by atoms with van der Waals surface area (Å²) in [5.41, 5.74) is 0.561. The van der Waals surface area contributed by atoms with Gasteiger partial charge in [-0.1, -0.05) is 25.5 Å². The fourth-order valence-electron chi connectivity index (χ4n) is 2.83. The predicted molar refractivity (Wildman–Crippen MR) is 65.0 cm³/mol. The van der Waals surface area contributed by atoms with Gasteiger partial charge in [0.1, 0.15) is 0 Å². The van der Waals surface area contributed by atoms with Crippen molar-refractivity contribution in [3.05, 3.63) is 35.4 Å². The number of hydrogen-bond acceptors (Lipinski definition) is 1. The first-order chi connectivity index (χ1) is 8.24. The maximum Gasteiger partial charge on any atom is 0.162 e. The number of halogens is 2. The van der Waals surface area contributed by atoms with Gasteiger partial charge in [0.15, 0.2) is 11.6 Å². The van der Waals surface area contributed by atoms with E-state index in [-0.39, 0.29) is 5.92 Å². The largest absolute Gasteiger partial charge is 0.317 e. The van der Waals surface area contributed by atoms with Crippen LogP contribution in [-0.4, -0.2) is 13.1 Å². The van der Waals surface area contributed by atoms with Gasteiger partial charge in [-0.15, -0.1) is 0 Å². The van der Waals surface area contributed by atoms with Crippen molar-refractivity contribution in [3.8, 4) is 0 Å². The average molecular weight is 239 g/mol. The highest BCUT2D eigenvalue weighted by Crippen LogP contribution is 2.40. The number of nitrogens with one attached hydrogen (secondary N) is 1. The Hall–Kier alpha value is -0.960. The van der Waals surface area contributed by atoms with Crippen molar-refractivity contribution in [1.82, 2.24) is 5.32 Å². The van der Waals surface area contributed by atoms with Crippen LogP contribution in [0.25, 0.3) is 0 Å². The Morgan fingerprint density at radius 1 is 1.29 bits per heavy atom. The normalized spacial score (nSPS) is 24.2. The van der Waals surface area contributed by atoms with Crippen LogP contribution in [0.2, 0.25) is 0 Å². The number of hydrogen-bond donors (Lipinski definition) is 1. The van der Waals surface area contributed by atoms with Crippen LogP contribution in [0.15, 0.2) is 18.2 Å². The fourth-order valence-corrected chi connectivity index (χ4v) is 2.83. The maximum atomic E-state index is 13.8. The van der Waals surface area contributed by atoms with Gasteiger partial charge in [0.2, 0.25) is 0 Å². The molecule has 1 saturated carbocycles. The summed E-state index contributed by atoms with van der Waals surface area (Å²) in [5, 5.41) is 3.31. The minimum atomic E-state index is -0.725. The third-order valence-corrected chi connectivity index (χ3v) is 3.70. The first-order valence-corrected chi connectivity index (χ1v) is 6.38. The summed E-state index contributed by atoms with van der Waals surface area (Å²) in [6.07, 6.45) is 3.18. The molecule has 94 valence electrons. The van der Waals surface area contributed by atoms with Crippen LogP contribution in [0.1, 0.15) is 37.7 Å². The van der Waals surface area contributed by atoms with Crippen LogP contribution in [0.3, 0.4) is 0 Å². The van der Waals surface area contributed by atoms with Gasteiger partial charge in [0, 0.05) is 0 Å². The van der Waals surface area contributed by atoms with Gasteiger partial charge in [-0.3, -0.25) is 0 Å². The molecule has 17 heavy (non-hydrogen) atoms. The molecule has 0 saturated heterocycles. The zero-order valence-electron chi connectivity index (χ0n) is 10.2. The van der Waals surface area contributed by atoms with Crippen LogP contribution in [0, 0.1) is 17.6 Å². The van der Waals surface area contributed by atoms with E-state index in [1.165, 1.54) is 6.07 Å². The van der Waals surface area contributed by atoms with E-state index in [0.717, 1.165) is 32.4 Å². The van der Waals surface area contributed by atoms with Gasteiger partial charge in [0.25, 0.3) is 0 Å². The second-order valence-electron chi connectivity index (χ2n) is 4.75. The first-order valence-electron chi connectivity index (χ1n) is 6.38. The Bertz CT molecular complexity index is 378. The highest BCUT2D eigenvalue weighted by Gasteiger charge is 2.30. The monoisotopic (exact) mass is 239 g/mol. The van der Waals surface area contributed by atoms with Crippen molar-refractivity contribution in [3.63, 3.8) is 0 Å². The molecular formula is C14H19F2N. The Balaban J connectivity index is 2.17. The van der Waals surface area contributed by atoms with Gasteiger partial charge in [-0.25, -0.2) is 8.78 Å². The number of rotatable bonds is 4. The third-order valence-electron chi connectivity index (χ3n) is 3.70. The summed E-state index contributed by atoms with van der Waals surface area (Å²) >= 11 is 0. The highest BCUT2D eigenvalue weighted by atomic mass is 19.2. The molecule has 1 aromatic carbocycles. The Morgan fingerprint density at radius 3 is 2.88 bits per heavy atom. The van der Waals surface area contributed by atoms with Gasteiger partial charge >= 0.3 is 0 Å². The van der Waals surface area contributed by atoms with E-state index in [9.17, 15) is 8.78 Å². The van der Waals surface area contributed by atoms with E-state index in [0.29, 0.717) is 11.5 Å². The van der Waals surface area contributed by atoms with Crippen LogP contribution < -0.4 is 5.32 Å². The lowest BCUT2D eigenvalue weighted by Gasteiger charge is -2.20. The minimum Gasteiger partial charge on any atom is -0.317 e. The molecule has 0 heterocycles. The van der Waals surface area contributed by atoms with E-state index in [1.807, 2.05) is 0 Å². The van der Waals surface area contributed by atoms with Crippen LogP contribution in [-0.2, 0) is 0 Å². The molecule has 2 rings (SSSR count). The summed E-state index contributed by atoms with van der Waals surface area (Å²) in [6.45, 7) is 3.89. The fraction of sp³-hybridized carbons (Fsp3) is 0.571. The lowest BCUT2D eigenvalue weighted by Crippen LogP contribution is -2.24. The molecule has 1 aliphatic rings. The molecule has 1 fully saturated rings. The summed E-state index contributed by atoms with van der Waals surface area (Å²) in [6, 6.07) is 4.52. The smallest absolute Gasteiger partial charge is 0.162 e. The maximum absolute atomic E-state index is 13.8. The van der Waals surface area contributed by atoms with Crippen molar-refractivity contribution in [2.24, 2.45) is 5.92 Å². The van der Waals surface area contributed by atoms with E-state index >= 15 is 0 Å². The van der Waals surface area contributed by atoms with E-state index in [4.69, 9.17) is 0 Å². The second kappa shape index (κ2) is 5.58. The first kappa shape index (κ1) is 12.5. The predicted octanol–water partition coefficient (Wildman–Crippen LogP) is 3.46. The highest BCUT2D eigenvalue weighted by molar-refractivity contribution is 5.24. The molecule has 0 amide bonds. The van der Waals surface area contributed by atoms with Crippen LogP contribution >= 0.6 is 0 Å². The van der Waals surface area contributed by atoms with Gasteiger partial charge in [-0.2, -0.15) is 0 Å². The summed E-state index contributed by atoms with van der Waals surface area (Å²) in [4.78, 5) is 0. The lowest BCUT2D eigenvalue weighted by atomic mass is 9.88. The molecule has 1 aliphatic carbocycles. The molecule has 0 radical (unpaired) electrons. The third kappa shape index (κ3) is 2.65. The van der Waals surface area contributed by atoms with Crippen molar-refractivity contribution >= 4 is 0 Å². The van der Waals surface area contributed by atoms with Gasteiger partial charge < -0.3 is 5.32 Å². The topological polar surface area (TPSA) is 12.0 Å². The molecule has 0 aromatic heterocycles. The molecular weight excluding hydrogens is 220 g/mol.